The van der Waals surface area contributed by atoms with Crippen LogP contribution in [-0.2, 0) is 14.3 Å². The minimum Gasteiger partial charge on any atom is -0.477 e. The lowest BCUT2D eigenvalue weighted by molar-refractivity contribution is -0.145. The van der Waals surface area contributed by atoms with Gasteiger partial charge >= 0.3 is 18.1 Å². The number of carboxylic acids is 1. The molecule has 1 saturated heterocycles. The molecule has 138 valence electrons. The molecular formula is C14H21N3O6SSi. The van der Waals surface area contributed by atoms with E-state index in [0.717, 1.165) is 6.04 Å². The standard InChI is InChI=1S/C14H21N3O6SSi/c1-25(2,3)5-4-23-14(22)16-13(21)15-7-8-11(12(19)20)17-9(18)6-10(17)24-8/h10H,4-7H2,1-3H3,(H,19,20)(H2,15,16,21,22)/t10-/m1/s1. The fourth-order valence-corrected chi connectivity index (χ4v) is 4.29. The highest BCUT2D eigenvalue weighted by Gasteiger charge is 2.48. The summed E-state index contributed by atoms with van der Waals surface area (Å²) in [6, 6.07) is 0.00937. The van der Waals surface area contributed by atoms with Gasteiger partial charge in [0.25, 0.3) is 0 Å². The Labute approximate surface area is 150 Å². The number of aliphatic carboxylic acids is 1. The zero-order valence-electron chi connectivity index (χ0n) is 14.2. The number of fused-ring (bicyclic) bond motifs is 1. The molecule has 2 rings (SSSR count). The number of imide groups is 1. The predicted octanol–water partition coefficient (Wildman–Crippen LogP) is 1.36. The summed E-state index contributed by atoms with van der Waals surface area (Å²) in [5.74, 6) is -1.47. The number of carbonyl (C=O) groups is 4. The number of alkyl carbamates (subject to hydrolysis) is 1. The Kier molecular flexibility index (Phi) is 5.78. The fraction of sp³-hybridized carbons (Fsp3) is 0.571. The van der Waals surface area contributed by atoms with Crippen LogP contribution in [0.5, 0.6) is 0 Å². The van der Waals surface area contributed by atoms with Crippen molar-refractivity contribution in [3.8, 4) is 0 Å². The van der Waals surface area contributed by atoms with E-state index < -0.39 is 26.2 Å². The van der Waals surface area contributed by atoms with E-state index in [1.54, 1.807) is 0 Å². The van der Waals surface area contributed by atoms with Crippen LogP contribution in [0.25, 0.3) is 0 Å². The van der Waals surface area contributed by atoms with Crippen LogP contribution in [0, 0.1) is 0 Å². The van der Waals surface area contributed by atoms with Gasteiger partial charge in [-0.3, -0.25) is 9.69 Å². The molecule has 0 spiro atoms. The minimum absolute atomic E-state index is 0.0827. The van der Waals surface area contributed by atoms with Gasteiger partial charge in [0.1, 0.15) is 5.70 Å². The first-order valence-corrected chi connectivity index (χ1v) is 12.3. The molecule has 0 bridgehead atoms. The molecule has 0 aromatic carbocycles. The molecule has 0 aliphatic carbocycles. The molecule has 0 aromatic heterocycles. The fourth-order valence-electron chi connectivity index (χ4n) is 2.24. The van der Waals surface area contributed by atoms with E-state index in [4.69, 9.17) is 4.74 Å². The van der Waals surface area contributed by atoms with E-state index in [0.29, 0.717) is 4.91 Å². The van der Waals surface area contributed by atoms with Crippen molar-refractivity contribution in [1.29, 1.82) is 0 Å². The molecule has 11 heteroatoms. The zero-order chi connectivity index (χ0) is 18.8. The molecule has 0 radical (unpaired) electrons. The highest BCUT2D eigenvalue weighted by molar-refractivity contribution is 8.04. The van der Waals surface area contributed by atoms with Crippen LogP contribution >= 0.6 is 11.8 Å². The molecule has 2 aliphatic heterocycles. The number of amides is 4. The van der Waals surface area contributed by atoms with Gasteiger partial charge < -0.3 is 15.2 Å². The Hall–Kier alpha value is -2.01. The number of urea groups is 1. The van der Waals surface area contributed by atoms with Crippen molar-refractivity contribution in [2.24, 2.45) is 0 Å². The van der Waals surface area contributed by atoms with Gasteiger partial charge in [-0.2, -0.15) is 0 Å². The van der Waals surface area contributed by atoms with Gasteiger partial charge in [-0.05, 0) is 6.04 Å². The first kappa shape index (κ1) is 19.3. The van der Waals surface area contributed by atoms with Gasteiger partial charge in [-0.1, -0.05) is 19.6 Å². The van der Waals surface area contributed by atoms with Crippen LogP contribution in [0.4, 0.5) is 9.59 Å². The number of ether oxygens (including phenoxy) is 1. The van der Waals surface area contributed by atoms with Gasteiger partial charge in [0.2, 0.25) is 5.91 Å². The average Bonchev–Trinajstić information content (AvgIpc) is 2.76. The Morgan fingerprint density at radius 2 is 2.04 bits per heavy atom. The number of β-lactam (4-membered cyclic amide) rings is 1. The summed E-state index contributed by atoms with van der Waals surface area (Å²) in [6.07, 6.45) is -0.568. The second-order valence-corrected chi connectivity index (χ2v) is 13.8. The third-order valence-electron chi connectivity index (χ3n) is 3.60. The monoisotopic (exact) mass is 387 g/mol. The molecule has 1 fully saturated rings. The lowest BCUT2D eigenvalue weighted by Crippen LogP contribution is -2.48. The number of hydrogen-bond acceptors (Lipinski definition) is 6. The SMILES string of the molecule is C[Si](C)(C)CCOC(=O)NC(=O)NCC1=C(C(=O)O)N2C(=O)C[C@H]2S1. The summed E-state index contributed by atoms with van der Waals surface area (Å²) in [4.78, 5) is 47.6. The minimum atomic E-state index is -1.33. The first-order chi connectivity index (χ1) is 11.6. The number of nitrogens with zero attached hydrogens (tertiary/aromatic N) is 1. The smallest absolute Gasteiger partial charge is 0.415 e. The summed E-state index contributed by atoms with van der Waals surface area (Å²) in [5.41, 5.74) is -0.107. The van der Waals surface area contributed by atoms with E-state index in [-0.39, 0.29) is 36.6 Å². The molecular weight excluding hydrogens is 366 g/mol. The zero-order valence-corrected chi connectivity index (χ0v) is 16.1. The van der Waals surface area contributed by atoms with Gasteiger partial charge in [0.15, 0.2) is 0 Å². The van der Waals surface area contributed by atoms with Crippen molar-refractivity contribution >= 4 is 43.8 Å². The quantitative estimate of drug-likeness (QED) is 0.464. The van der Waals surface area contributed by atoms with Crippen molar-refractivity contribution in [3.05, 3.63) is 10.6 Å². The largest absolute Gasteiger partial charge is 0.477 e. The lowest BCUT2D eigenvalue weighted by Gasteiger charge is -2.33. The second kappa shape index (κ2) is 7.48. The van der Waals surface area contributed by atoms with E-state index in [2.05, 4.69) is 25.0 Å². The summed E-state index contributed by atoms with van der Waals surface area (Å²) >= 11 is 1.23. The maximum atomic E-state index is 11.7. The summed E-state index contributed by atoms with van der Waals surface area (Å²) in [5, 5.41) is 13.4. The molecule has 4 amide bonds. The molecule has 0 saturated carbocycles. The van der Waals surface area contributed by atoms with Crippen molar-refractivity contribution < 1.29 is 29.0 Å². The highest BCUT2D eigenvalue weighted by Crippen LogP contribution is 2.45. The molecule has 1 atom stereocenters. The summed E-state index contributed by atoms with van der Waals surface area (Å²) < 4.78 is 4.94. The van der Waals surface area contributed by atoms with E-state index >= 15 is 0 Å². The molecule has 0 aromatic rings. The van der Waals surface area contributed by atoms with E-state index in [9.17, 15) is 24.3 Å². The maximum absolute atomic E-state index is 11.7. The van der Waals surface area contributed by atoms with Crippen molar-refractivity contribution in [3.63, 3.8) is 0 Å². The van der Waals surface area contributed by atoms with Crippen LogP contribution < -0.4 is 10.6 Å². The number of carbonyl (C=O) groups excluding carboxylic acids is 3. The summed E-state index contributed by atoms with van der Waals surface area (Å²) in [6.45, 7) is 6.59. The van der Waals surface area contributed by atoms with E-state index in [1.807, 2.05) is 5.32 Å². The lowest BCUT2D eigenvalue weighted by atomic mass is 10.1. The van der Waals surface area contributed by atoms with Crippen molar-refractivity contribution in [1.82, 2.24) is 15.5 Å². The molecule has 9 nitrogen and oxygen atoms in total. The topological polar surface area (TPSA) is 125 Å². The Balaban J connectivity index is 1.79. The maximum Gasteiger partial charge on any atom is 0.415 e. The Bertz CT molecular complexity index is 645. The Morgan fingerprint density at radius 3 is 2.60 bits per heavy atom. The van der Waals surface area contributed by atoms with Crippen LogP contribution in [-0.4, -0.2) is 60.6 Å². The van der Waals surface area contributed by atoms with Crippen molar-refractivity contribution in [2.45, 2.75) is 37.5 Å². The van der Waals surface area contributed by atoms with Gasteiger partial charge in [0.05, 0.1) is 24.9 Å². The van der Waals surface area contributed by atoms with Crippen molar-refractivity contribution in [2.75, 3.05) is 13.2 Å². The van der Waals surface area contributed by atoms with E-state index in [1.165, 1.54) is 16.7 Å². The van der Waals surface area contributed by atoms with Crippen LogP contribution in [0.1, 0.15) is 6.42 Å². The van der Waals surface area contributed by atoms with Gasteiger partial charge in [0, 0.05) is 13.0 Å². The summed E-state index contributed by atoms with van der Waals surface area (Å²) in [7, 11) is -1.33. The number of rotatable bonds is 6. The normalized spacial score (nSPS) is 19.2. The second-order valence-electron chi connectivity index (χ2n) is 6.87. The number of nitrogens with one attached hydrogen (secondary N) is 2. The first-order valence-electron chi connectivity index (χ1n) is 7.75. The molecule has 2 heterocycles. The van der Waals surface area contributed by atoms with Crippen LogP contribution in [0.2, 0.25) is 25.7 Å². The predicted molar refractivity (Wildman–Crippen MR) is 93.5 cm³/mol. The number of thioether (sulfide) groups is 1. The molecule has 2 aliphatic rings. The number of hydrogen-bond donors (Lipinski definition) is 3. The van der Waals surface area contributed by atoms with Crippen LogP contribution in [0.3, 0.4) is 0 Å². The third-order valence-corrected chi connectivity index (χ3v) is 6.58. The van der Waals surface area contributed by atoms with Gasteiger partial charge in [-0.15, -0.1) is 11.8 Å². The van der Waals surface area contributed by atoms with Crippen LogP contribution in [0.15, 0.2) is 10.6 Å². The average molecular weight is 387 g/mol. The van der Waals surface area contributed by atoms with Gasteiger partial charge in [-0.25, -0.2) is 19.7 Å². The molecule has 3 N–H and O–H groups in total. The molecule has 25 heavy (non-hydrogen) atoms. The third kappa shape index (κ3) is 4.98. The Morgan fingerprint density at radius 1 is 1.36 bits per heavy atom. The number of carboxylic acid groups (broad SMARTS) is 1. The highest BCUT2D eigenvalue weighted by atomic mass is 32.2. The molecule has 0 unspecified atom stereocenters.